The summed E-state index contributed by atoms with van der Waals surface area (Å²) in [5.74, 6) is -0.0641. The van der Waals surface area contributed by atoms with Gasteiger partial charge in [-0.2, -0.15) is 4.31 Å². The summed E-state index contributed by atoms with van der Waals surface area (Å²) >= 11 is 3.77. The standard InChI is InChI=1S/C12H15NO3S2/c14-12(17)11-7-4-8-13(11)18(15,16)9-10-5-2-1-3-6-10/h1-3,5-6,11H,4,7-9H2,(H,14,17). The number of carbonyl (C=O) groups is 1. The van der Waals surface area contributed by atoms with Crippen molar-refractivity contribution in [1.82, 2.24) is 4.31 Å². The second-order valence-electron chi connectivity index (χ2n) is 4.35. The third-order valence-electron chi connectivity index (χ3n) is 3.04. The minimum absolute atomic E-state index is 0.0641. The topological polar surface area (TPSA) is 54.5 Å². The van der Waals surface area contributed by atoms with Gasteiger partial charge in [-0.25, -0.2) is 8.42 Å². The van der Waals surface area contributed by atoms with Gasteiger partial charge in [-0.3, -0.25) is 4.79 Å². The maximum absolute atomic E-state index is 12.3. The minimum atomic E-state index is -3.44. The van der Waals surface area contributed by atoms with Crippen LogP contribution in [0.25, 0.3) is 0 Å². The fraction of sp³-hybridized carbons (Fsp3) is 0.417. The Kier molecular flexibility index (Phi) is 4.09. The maximum atomic E-state index is 12.3. The first-order valence-electron chi connectivity index (χ1n) is 5.77. The zero-order valence-electron chi connectivity index (χ0n) is 9.82. The molecule has 1 unspecified atom stereocenters. The number of rotatable bonds is 4. The summed E-state index contributed by atoms with van der Waals surface area (Å²) in [4.78, 5) is 11.3. The molecule has 0 aromatic heterocycles. The van der Waals surface area contributed by atoms with E-state index in [4.69, 9.17) is 0 Å². The summed E-state index contributed by atoms with van der Waals surface area (Å²) in [6.45, 7) is 0.409. The van der Waals surface area contributed by atoms with Crippen LogP contribution < -0.4 is 0 Å². The average molecular weight is 285 g/mol. The molecule has 6 heteroatoms. The fourth-order valence-electron chi connectivity index (χ4n) is 2.19. The van der Waals surface area contributed by atoms with Gasteiger partial charge in [0.05, 0.1) is 11.8 Å². The Morgan fingerprint density at radius 3 is 2.61 bits per heavy atom. The number of benzene rings is 1. The zero-order chi connectivity index (χ0) is 13.2. The molecule has 1 aromatic carbocycles. The van der Waals surface area contributed by atoms with Crippen LogP contribution >= 0.6 is 12.6 Å². The van der Waals surface area contributed by atoms with Gasteiger partial charge in [0.2, 0.25) is 15.1 Å². The molecule has 0 amide bonds. The molecule has 1 saturated heterocycles. The van der Waals surface area contributed by atoms with Gasteiger partial charge in [0.15, 0.2) is 0 Å². The molecule has 18 heavy (non-hydrogen) atoms. The number of sulfonamides is 1. The average Bonchev–Trinajstić information content (AvgIpc) is 2.79. The largest absolute Gasteiger partial charge is 0.286 e. The number of hydrogen-bond donors (Lipinski definition) is 1. The van der Waals surface area contributed by atoms with Gasteiger partial charge in [-0.05, 0) is 18.4 Å². The predicted molar refractivity (Wildman–Crippen MR) is 72.8 cm³/mol. The fourth-order valence-corrected chi connectivity index (χ4v) is 4.31. The number of carbonyl (C=O) groups excluding carboxylic acids is 1. The van der Waals surface area contributed by atoms with E-state index in [1.807, 2.05) is 6.07 Å². The molecule has 0 saturated carbocycles. The highest BCUT2D eigenvalue weighted by atomic mass is 32.2. The van der Waals surface area contributed by atoms with E-state index in [0.29, 0.717) is 19.4 Å². The van der Waals surface area contributed by atoms with Gasteiger partial charge >= 0.3 is 0 Å². The summed E-state index contributed by atoms with van der Waals surface area (Å²) in [5, 5.41) is -0.371. The van der Waals surface area contributed by atoms with Crippen molar-refractivity contribution in [1.29, 1.82) is 0 Å². The van der Waals surface area contributed by atoms with Crippen molar-refractivity contribution in [2.24, 2.45) is 0 Å². The Hall–Kier alpha value is -0.850. The molecular weight excluding hydrogens is 270 g/mol. The van der Waals surface area contributed by atoms with E-state index in [-0.39, 0.29) is 10.9 Å². The molecule has 1 atom stereocenters. The Morgan fingerprint density at radius 2 is 2.00 bits per heavy atom. The molecule has 2 rings (SSSR count). The first-order chi connectivity index (χ1) is 8.50. The van der Waals surface area contributed by atoms with E-state index < -0.39 is 16.1 Å². The second kappa shape index (κ2) is 5.42. The van der Waals surface area contributed by atoms with Crippen LogP contribution in [0.4, 0.5) is 0 Å². The summed E-state index contributed by atoms with van der Waals surface area (Å²) in [6.07, 6.45) is 1.28. The van der Waals surface area contributed by atoms with Crippen LogP contribution in [0.5, 0.6) is 0 Å². The van der Waals surface area contributed by atoms with E-state index in [1.165, 1.54) is 4.31 Å². The predicted octanol–water partition coefficient (Wildman–Crippen LogP) is 1.44. The van der Waals surface area contributed by atoms with Gasteiger partial charge < -0.3 is 0 Å². The molecule has 0 aliphatic carbocycles. The lowest BCUT2D eigenvalue weighted by atomic mass is 10.2. The normalized spacial score (nSPS) is 21.1. The molecule has 0 bridgehead atoms. The van der Waals surface area contributed by atoms with Crippen molar-refractivity contribution in [2.75, 3.05) is 6.54 Å². The van der Waals surface area contributed by atoms with E-state index in [9.17, 15) is 13.2 Å². The lowest BCUT2D eigenvalue weighted by molar-refractivity contribution is -0.113. The van der Waals surface area contributed by atoms with Crippen LogP contribution in [0, 0.1) is 0 Å². The van der Waals surface area contributed by atoms with Crippen LogP contribution in [0.3, 0.4) is 0 Å². The Balaban J connectivity index is 2.19. The molecule has 4 nitrogen and oxygen atoms in total. The molecule has 1 aromatic rings. The van der Waals surface area contributed by atoms with Crippen molar-refractivity contribution in [3.63, 3.8) is 0 Å². The van der Waals surface area contributed by atoms with Crippen LogP contribution in [0.1, 0.15) is 18.4 Å². The minimum Gasteiger partial charge on any atom is -0.286 e. The number of hydrogen-bond acceptors (Lipinski definition) is 3. The lowest BCUT2D eigenvalue weighted by Gasteiger charge is -2.21. The summed E-state index contributed by atoms with van der Waals surface area (Å²) in [5.41, 5.74) is 0.731. The van der Waals surface area contributed by atoms with Crippen molar-refractivity contribution in [3.8, 4) is 0 Å². The van der Waals surface area contributed by atoms with Gasteiger partial charge in [0.1, 0.15) is 0 Å². The van der Waals surface area contributed by atoms with E-state index >= 15 is 0 Å². The lowest BCUT2D eigenvalue weighted by Crippen LogP contribution is -2.39. The van der Waals surface area contributed by atoms with Gasteiger partial charge in [0.25, 0.3) is 0 Å². The Labute approximate surface area is 112 Å². The molecule has 98 valence electrons. The number of thiol groups is 1. The molecule has 0 radical (unpaired) electrons. The molecule has 1 aliphatic heterocycles. The Morgan fingerprint density at radius 1 is 1.33 bits per heavy atom. The zero-order valence-corrected chi connectivity index (χ0v) is 11.5. The van der Waals surface area contributed by atoms with Crippen molar-refractivity contribution >= 4 is 27.8 Å². The SMILES string of the molecule is O=C(S)C1CCCN1S(=O)(=O)Cc1ccccc1. The molecule has 1 fully saturated rings. The summed E-state index contributed by atoms with van der Waals surface area (Å²) < 4.78 is 25.8. The third-order valence-corrected chi connectivity index (χ3v) is 5.19. The van der Waals surface area contributed by atoms with E-state index in [1.54, 1.807) is 24.3 Å². The highest BCUT2D eigenvalue weighted by molar-refractivity contribution is 7.97. The van der Waals surface area contributed by atoms with Crippen LogP contribution in [0.15, 0.2) is 30.3 Å². The van der Waals surface area contributed by atoms with Gasteiger partial charge in [-0.1, -0.05) is 30.3 Å². The first-order valence-corrected chi connectivity index (χ1v) is 7.82. The molecular formula is C12H15NO3S2. The van der Waals surface area contributed by atoms with Crippen LogP contribution in [0.2, 0.25) is 0 Å². The second-order valence-corrected chi connectivity index (χ2v) is 6.71. The maximum Gasteiger partial charge on any atom is 0.218 e. The highest BCUT2D eigenvalue weighted by Crippen LogP contribution is 2.24. The van der Waals surface area contributed by atoms with Crippen LogP contribution in [-0.2, 0) is 20.6 Å². The smallest absolute Gasteiger partial charge is 0.218 e. The first kappa shape index (κ1) is 13.6. The molecule has 1 heterocycles. The van der Waals surface area contributed by atoms with E-state index in [2.05, 4.69) is 12.6 Å². The van der Waals surface area contributed by atoms with Gasteiger partial charge in [-0.15, -0.1) is 12.6 Å². The van der Waals surface area contributed by atoms with Gasteiger partial charge in [0, 0.05) is 6.54 Å². The van der Waals surface area contributed by atoms with Crippen molar-refractivity contribution in [2.45, 2.75) is 24.6 Å². The van der Waals surface area contributed by atoms with Crippen molar-refractivity contribution < 1.29 is 13.2 Å². The van der Waals surface area contributed by atoms with E-state index in [0.717, 1.165) is 5.56 Å². The summed E-state index contributed by atoms with van der Waals surface area (Å²) in [7, 11) is -3.44. The molecule has 0 spiro atoms. The van der Waals surface area contributed by atoms with Crippen LogP contribution in [-0.4, -0.2) is 30.4 Å². The quantitative estimate of drug-likeness (QED) is 0.852. The Bertz CT molecular complexity index is 528. The molecule has 0 N–H and O–H groups in total. The molecule has 1 aliphatic rings. The van der Waals surface area contributed by atoms with Crippen molar-refractivity contribution in [3.05, 3.63) is 35.9 Å². The third kappa shape index (κ3) is 2.93. The summed E-state index contributed by atoms with van der Waals surface area (Å²) in [6, 6.07) is 8.39. The monoisotopic (exact) mass is 285 g/mol. The highest BCUT2D eigenvalue weighted by Gasteiger charge is 2.37. The number of nitrogens with zero attached hydrogens (tertiary/aromatic N) is 1.